The number of piperidine rings is 1. The molecule has 2 aliphatic heterocycles. The van der Waals surface area contributed by atoms with Crippen molar-refractivity contribution in [3.63, 3.8) is 0 Å². The first-order chi connectivity index (χ1) is 12.5. The molecule has 0 N–H and O–H groups in total. The molecule has 1 spiro atoms. The highest BCUT2D eigenvalue weighted by molar-refractivity contribution is 5.73. The molecule has 6 heteroatoms. The standard InChI is InChI=1S/C20H31N3O3/c1-15-9-19(21-26-15)11-22-7-5-20(6-8-22)14-23(16(2)24)10-18(20)13-25-12-17-3-4-17/h9,17-18H,3-8,10-14H2,1-2H3. The summed E-state index contributed by atoms with van der Waals surface area (Å²) in [7, 11) is 0. The molecule has 1 aromatic rings. The molecule has 1 atom stereocenters. The fraction of sp³-hybridized carbons (Fsp3) is 0.800. The summed E-state index contributed by atoms with van der Waals surface area (Å²) in [6.45, 7) is 10.1. The van der Waals surface area contributed by atoms with E-state index in [0.717, 1.165) is 76.2 Å². The van der Waals surface area contributed by atoms with Gasteiger partial charge in [-0.1, -0.05) is 5.16 Å². The molecule has 0 bridgehead atoms. The van der Waals surface area contributed by atoms with E-state index in [2.05, 4.69) is 10.1 Å². The Morgan fingerprint density at radius 2 is 2.12 bits per heavy atom. The largest absolute Gasteiger partial charge is 0.381 e. The van der Waals surface area contributed by atoms with Gasteiger partial charge >= 0.3 is 0 Å². The Bertz CT molecular complexity index is 632. The summed E-state index contributed by atoms with van der Waals surface area (Å²) in [6, 6.07) is 2.02. The predicted octanol–water partition coefficient (Wildman–Crippen LogP) is 2.47. The number of carbonyl (C=O) groups excluding carboxylic acids is 1. The Morgan fingerprint density at radius 1 is 1.35 bits per heavy atom. The van der Waals surface area contributed by atoms with Gasteiger partial charge in [-0.05, 0) is 57.0 Å². The molecular weight excluding hydrogens is 330 g/mol. The Morgan fingerprint density at radius 3 is 2.73 bits per heavy atom. The summed E-state index contributed by atoms with van der Waals surface area (Å²) >= 11 is 0. The quantitative estimate of drug-likeness (QED) is 0.779. The zero-order valence-corrected chi connectivity index (χ0v) is 16.1. The maximum Gasteiger partial charge on any atom is 0.219 e. The van der Waals surface area contributed by atoms with Crippen molar-refractivity contribution in [2.75, 3.05) is 39.4 Å². The summed E-state index contributed by atoms with van der Waals surface area (Å²) in [5.74, 6) is 2.34. The van der Waals surface area contributed by atoms with Crippen LogP contribution in [-0.2, 0) is 16.1 Å². The molecule has 3 aliphatic rings. The lowest BCUT2D eigenvalue weighted by atomic mass is 9.71. The smallest absolute Gasteiger partial charge is 0.219 e. The van der Waals surface area contributed by atoms with Crippen LogP contribution in [0.1, 0.15) is 44.1 Å². The van der Waals surface area contributed by atoms with E-state index < -0.39 is 0 Å². The minimum atomic E-state index is 0.203. The number of rotatable bonds is 6. The molecule has 6 nitrogen and oxygen atoms in total. The molecule has 144 valence electrons. The van der Waals surface area contributed by atoms with Crippen molar-refractivity contribution in [2.45, 2.75) is 46.1 Å². The zero-order chi connectivity index (χ0) is 18.1. The number of hydrogen-bond acceptors (Lipinski definition) is 5. The molecule has 1 aliphatic carbocycles. The minimum Gasteiger partial charge on any atom is -0.381 e. The van der Waals surface area contributed by atoms with E-state index in [4.69, 9.17) is 9.26 Å². The zero-order valence-electron chi connectivity index (χ0n) is 16.1. The molecule has 3 fully saturated rings. The first-order valence-corrected chi connectivity index (χ1v) is 10.0. The second kappa shape index (κ2) is 7.31. The molecular formula is C20H31N3O3. The average Bonchev–Trinajstić information content (AvgIpc) is 3.25. The van der Waals surface area contributed by atoms with Crippen LogP contribution in [0, 0.1) is 24.2 Å². The van der Waals surface area contributed by atoms with Gasteiger partial charge in [0.2, 0.25) is 5.91 Å². The molecule has 0 radical (unpaired) electrons. The van der Waals surface area contributed by atoms with Crippen molar-refractivity contribution in [3.8, 4) is 0 Å². The van der Waals surface area contributed by atoms with Gasteiger partial charge in [0, 0.05) is 45.1 Å². The number of amides is 1. The molecule has 2 saturated heterocycles. The second-order valence-corrected chi connectivity index (χ2v) is 8.64. The monoisotopic (exact) mass is 361 g/mol. The summed E-state index contributed by atoms with van der Waals surface area (Å²) in [4.78, 5) is 16.5. The third-order valence-electron chi connectivity index (χ3n) is 6.54. The van der Waals surface area contributed by atoms with Crippen molar-refractivity contribution in [1.82, 2.24) is 15.0 Å². The van der Waals surface area contributed by atoms with Gasteiger partial charge in [-0.15, -0.1) is 0 Å². The number of likely N-dealkylation sites (tertiary alicyclic amines) is 2. The van der Waals surface area contributed by atoms with Crippen molar-refractivity contribution >= 4 is 5.91 Å². The number of aromatic nitrogens is 1. The highest BCUT2D eigenvalue weighted by atomic mass is 16.5. The van der Waals surface area contributed by atoms with Crippen LogP contribution in [0.3, 0.4) is 0 Å². The van der Waals surface area contributed by atoms with Crippen LogP contribution < -0.4 is 0 Å². The van der Waals surface area contributed by atoms with Crippen LogP contribution >= 0.6 is 0 Å². The van der Waals surface area contributed by atoms with Crippen LogP contribution in [0.25, 0.3) is 0 Å². The van der Waals surface area contributed by atoms with Gasteiger partial charge in [0.1, 0.15) is 5.76 Å². The van der Waals surface area contributed by atoms with Crippen molar-refractivity contribution in [3.05, 3.63) is 17.5 Å². The van der Waals surface area contributed by atoms with Crippen molar-refractivity contribution in [2.24, 2.45) is 17.3 Å². The highest BCUT2D eigenvalue weighted by Crippen LogP contribution is 2.45. The summed E-state index contributed by atoms with van der Waals surface area (Å²) in [5, 5.41) is 4.12. The van der Waals surface area contributed by atoms with Crippen LogP contribution in [0.15, 0.2) is 10.6 Å². The van der Waals surface area contributed by atoms with Gasteiger partial charge in [-0.25, -0.2) is 0 Å². The number of aryl methyl sites for hydroxylation is 1. The van der Waals surface area contributed by atoms with Gasteiger partial charge in [-0.3, -0.25) is 9.69 Å². The highest BCUT2D eigenvalue weighted by Gasteiger charge is 2.48. The Kier molecular flexibility index (Phi) is 5.06. The van der Waals surface area contributed by atoms with E-state index in [0.29, 0.717) is 5.92 Å². The Balaban J connectivity index is 1.35. The lowest BCUT2D eigenvalue weighted by Gasteiger charge is -2.42. The van der Waals surface area contributed by atoms with Crippen molar-refractivity contribution in [1.29, 1.82) is 0 Å². The SMILES string of the molecule is CC(=O)N1CC(COCC2CC2)C2(CCN(Cc3cc(C)on3)CC2)C1. The number of hydrogen-bond donors (Lipinski definition) is 0. The van der Waals surface area contributed by atoms with Gasteiger partial charge < -0.3 is 14.2 Å². The van der Waals surface area contributed by atoms with E-state index in [1.165, 1.54) is 12.8 Å². The number of nitrogens with zero attached hydrogens (tertiary/aromatic N) is 3. The van der Waals surface area contributed by atoms with Crippen LogP contribution in [0.5, 0.6) is 0 Å². The molecule has 26 heavy (non-hydrogen) atoms. The first kappa shape index (κ1) is 18.0. The molecule has 3 heterocycles. The maximum absolute atomic E-state index is 12.0. The number of ether oxygens (including phenoxy) is 1. The molecule has 0 aromatic carbocycles. The third kappa shape index (κ3) is 3.96. The first-order valence-electron chi connectivity index (χ1n) is 10.0. The van der Waals surface area contributed by atoms with Gasteiger partial charge in [0.15, 0.2) is 0 Å². The van der Waals surface area contributed by atoms with E-state index in [1.54, 1.807) is 6.92 Å². The van der Waals surface area contributed by atoms with Gasteiger partial charge in [-0.2, -0.15) is 0 Å². The fourth-order valence-electron chi connectivity index (χ4n) is 4.61. The van der Waals surface area contributed by atoms with Gasteiger partial charge in [0.25, 0.3) is 0 Å². The molecule has 4 rings (SSSR count). The van der Waals surface area contributed by atoms with E-state index in [-0.39, 0.29) is 11.3 Å². The van der Waals surface area contributed by atoms with Crippen LogP contribution in [0.4, 0.5) is 0 Å². The normalized spacial score (nSPS) is 25.9. The Labute approximate surface area is 155 Å². The minimum absolute atomic E-state index is 0.203. The molecule has 1 saturated carbocycles. The van der Waals surface area contributed by atoms with E-state index >= 15 is 0 Å². The molecule has 1 unspecified atom stereocenters. The van der Waals surface area contributed by atoms with Crippen molar-refractivity contribution < 1.29 is 14.1 Å². The van der Waals surface area contributed by atoms with Crippen LogP contribution in [-0.4, -0.2) is 60.3 Å². The fourth-order valence-corrected chi connectivity index (χ4v) is 4.61. The summed E-state index contributed by atoms with van der Waals surface area (Å²) in [5.41, 5.74) is 1.24. The van der Waals surface area contributed by atoms with E-state index in [9.17, 15) is 4.79 Å². The van der Waals surface area contributed by atoms with E-state index in [1.807, 2.05) is 17.9 Å². The lowest BCUT2D eigenvalue weighted by molar-refractivity contribution is -0.128. The third-order valence-corrected chi connectivity index (χ3v) is 6.54. The molecule has 1 amide bonds. The maximum atomic E-state index is 12.0. The van der Waals surface area contributed by atoms with Crippen LogP contribution in [0.2, 0.25) is 0 Å². The summed E-state index contributed by atoms with van der Waals surface area (Å²) < 4.78 is 11.2. The summed E-state index contributed by atoms with van der Waals surface area (Å²) in [6.07, 6.45) is 4.91. The predicted molar refractivity (Wildman–Crippen MR) is 97.5 cm³/mol. The average molecular weight is 361 g/mol. The lowest BCUT2D eigenvalue weighted by Crippen LogP contribution is -2.45. The van der Waals surface area contributed by atoms with Gasteiger partial charge in [0.05, 0.1) is 12.3 Å². The second-order valence-electron chi connectivity index (χ2n) is 8.64. The topological polar surface area (TPSA) is 58.8 Å². The molecule has 1 aromatic heterocycles. The number of carbonyl (C=O) groups is 1. The Hall–Kier alpha value is -1.40.